The van der Waals surface area contributed by atoms with Crippen LogP contribution in [0.15, 0.2) is 17.0 Å². The standard InChI is InChI=1S/C13H14BrFN6O3/c14-8-6-21-11(18-8)9(7(5-17-21)10(16)22)19-12(15)24-13(23)20-3-1-2-4-20/h5-6,12,19H,1-4H2,(H2,16,22). The number of alkyl halides is 1. The number of rotatable bonds is 4. The van der Waals surface area contributed by atoms with Crippen LogP contribution in [0.25, 0.3) is 5.65 Å². The number of primary amides is 1. The SMILES string of the molecule is NC(=O)c1cnn2cc(Br)nc2c1NC(F)OC(=O)N1CCCC1. The van der Waals surface area contributed by atoms with E-state index in [1.807, 2.05) is 0 Å². The molecule has 0 bridgehead atoms. The molecule has 24 heavy (non-hydrogen) atoms. The Hall–Kier alpha value is -2.43. The van der Waals surface area contributed by atoms with E-state index in [9.17, 15) is 14.0 Å². The molecular formula is C13H14BrFN6O3. The van der Waals surface area contributed by atoms with E-state index < -0.39 is 18.5 Å². The van der Waals surface area contributed by atoms with Crippen LogP contribution in [0.4, 0.5) is 14.9 Å². The lowest BCUT2D eigenvalue weighted by Gasteiger charge is -2.19. The maximum Gasteiger partial charge on any atom is 0.413 e. The summed E-state index contributed by atoms with van der Waals surface area (Å²) < 4.78 is 20.6. The Balaban J connectivity index is 1.83. The van der Waals surface area contributed by atoms with Crippen molar-refractivity contribution in [1.82, 2.24) is 19.5 Å². The number of amides is 2. The van der Waals surface area contributed by atoms with Gasteiger partial charge >= 0.3 is 12.6 Å². The lowest BCUT2D eigenvalue weighted by atomic mass is 10.2. The van der Waals surface area contributed by atoms with E-state index in [-0.39, 0.29) is 16.9 Å². The van der Waals surface area contributed by atoms with Crippen LogP contribution in [0.3, 0.4) is 0 Å². The lowest BCUT2D eigenvalue weighted by molar-refractivity contribution is 0.0152. The summed E-state index contributed by atoms with van der Waals surface area (Å²) >= 11 is 3.17. The molecule has 3 rings (SSSR count). The highest BCUT2D eigenvalue weighted by molar-refractivity contribution is 9.10. The molecule has 1 aliphatic heterocycles. The number of carbonyl (C=O) groups excluding carboxylic acids is 2. The molecule has 128 valence electrons. The molecule has 11 heteroatoms. The minimum atomic E-state index is -2.17. The van der Waals surface area contributed by atoms with Crippen molar-refractivity contribution in [3.63, 3.8) is 0 Å². The van der Waals surface area contributed by atoms with Crippen LogP contribution in [0.5, 0.6) is 0 Å². The number of ether oxygens (including phenoxy) is 1. The number of nitrogens with two attached hydrogens (primary N) is 1. The van der Waals surface area contributed by atoms with Gasteiger partial charge in [0.1, 0.15) is 4.60 Å². The number of fused-ring (bicyclic) bond motifs is 1. The Morgan fingerprint density at radius 2 is 2.12 bits per heavy atom. The zero-order chi connectivity index (χ0) is 17.3. The number of nitrogens with zero attached hydrogens (tertiary/aromatic N) is 4. The Morgan fingerprint density at radius 1 is 1.42 bits per heavy atom. The quantitative estimate of drug-likeness (QED) is 0.593. The second-order valence-corrected chi connectivity index (χ2v) is 5.98. The van der Waals surface area contributed by atoms with Crippen LogP contribution in [0.1, 0.15) is 23.2 Å². The lowest BCUT2D eigenvalue weighted by Crippen LogP contribution is -2.33. The molecule has 2 aromatic rings. The normalized spacial score (nSPS) is 15.5. The zero-order valence-electron chi connectivity index (χ0n) is 12.4. The van der Waals surface area contributed by atoms with Crippen LogP contribution in [0.2, 0.25) is 0 Å². The topological polar surface area (TPSA) is 115 Å². The summed E-state index contributed by atoms with van der Waals surface area (Å²) in [5.41, 5.74) is 5.37. The van der Waals surface area contributed by atoms with Crippen LogP contribution < -0.4 is 11.1 Å². The maximum absolute atomic E-state index is 14.2. The first kappa shape index (κ1) is 16.4. The highest BCUT2D eigenvalue weighted by atomic mass is 79.9. The van der Waals surface area contributed by atoms with Crippen LogP contribution in [-0.4, -0.2) is 51.1 Å². The average Bonchev–Trinajstić information content (AvgIpc) is 3.15. The summed E-state index contributed by atoms with van der Waals surface area (Å²) in [4.78, 5) is 28.9. The van der Waals surface area contributed by atoms with Gasteiger partial charge in [-0.25, -0.2) is 14.3 Å². The molecule has 0 aliphatic carbocycles. The van der Waals surface area contributed by atoms with Crippen LogP contribution >= 0.6 is 15.9 Å². The Kier molecular flexibility index (Phi) is 4.51. The molecular weight excluding hydrogens is 387 g/mol. The fourth-order valence-corrected chi connectivity index (χ4v) is 2.80. The fourth-order valence-electron chi connectivity index (χ4n) is 2.44. The van der Waals surface area contributed by atoms with Crippen molar-refractivity contribution in [2.75, 3.05) is 18.4 Å². The number of hydrogen-bond acceptors (Lipinski definition) is 6. The molecule has 1 saturated heterocycles. The summed E-state index contributed by atoms with van der Waals surface area (Å²) in [6.45, 7) is -1.10. The summed E-state index contributed by atoms with van der Waals surface area (Å²) in [6.07, 6.45) is 3.66. The summed E-state index contributed by atoms with van der Waals surface area (Å²) in [7, 11) is 0. The van der Waals surface area contributed by atoms with Crippen molar-refractivity contribution >= 4 is 39.3 Å². The average molecular weight is 401 g/mol. The number of anilines is 1. The molecule has 1 fully saturated rings. The van der Waals surface area contributed by atoms with Gasteiger partial charge in [-0.2, -0.15) is 9.49 Å². The monoisotopic (exact) mass is 400 g/mol. The first-order valence-electron chi connectivity index (χ1n) is 7.15. The molecule has 1 atom stereocenters. The number of nitrogens with one attached hydrogen (secondary N) is 1. The van der Waals surface area contributed by atoms with Gasteiger partial charge in [0.2, 0.25) is 0 Å². The van der Waals surface area contributed by atoms with Gasteiger partial charge in [-0.15, -0.1) is 0 Å². The number of aromatic nitrogens is 3. The molecule has 1 aliphatic rings. The van der Waals surface area contributed by atoms with Crippen molar-refractivity contribution in [1.29, 1.82) is 0 Å². The third kappa shape index (κ3) is 3.25. The highest BCUT2D eigenvalue weighted by Gasteiger charge is 2.25. The third-order valence-corrected chi connectivity index (χ3v) is 3.94. The molecule has 0 aromatic carbocycles. The Bertz CT molecular complexity index is 791. The Labute approximate surface area is 144 Å². The molecule has 1 unspecified atom stereocenters. The first-order valence-corrected chi connectivity index (χ1v) is 7.95. The van der Waals surface area contributed by atoms with Gasteiger partial charge in [0.15, 0.2) is 5.65 Å². The predicted molar refractivity (Wildman–Crippen MR) is 85.0 cm³/mol. The number of hydrogen-bond donors (Lipinski definition) is 2. The van der Waals surface area contributed by atoms with Gasteiger partial charge in [-0.05, 0) is 28.8 Å². The van der Waals surface area contributed by atoms with E-state index >= 15 is 0 Å². The van der Waals surface area contributed by atoms with Gasteiger partial charge < -0.3 is 20.7 Å². The van der Waals surface area contributed by atoms with Gasteiger partial charge in [0, 0.05) is 13.1 Å². The van der Waals surface area contributed by atoms with Crippen molar-refractivity contribution in [3.05, 3.63) is 22.6 Å². The van der Waals surface area contributed by atoms with Gasteiger partial charge in [-0.3, -0.25) is 4.79 Å². The minimum Gasteiger partial charge on any atom is -0.396 e. The minimum absolute atomic E-state index is 0.00933. The molecule has 0 saturated carbocycles. The van der Waals surface area contributed by atoms with Crippen molar-refractivity contribution in [2.24, 2.45) is 5.73 Å². The van der Waals surface area contributed by atoms with E-state index in [4.69, 9.17) is 10.5 Å². The summed E-state index contributed by atoms with van der Waals surface area (Å²) in [5.74, 6) is -0.815. The smallest absolute Gasteiger partial charge is 0.396 e. The van der Waals surface area contributed by atoms with Crippen LogP contribution in [0, 0.1) is 0 Å². The number of halogens is 2. The molecule has 3 N–H and O–H groups in total. The van der Waals surface area contributed by atoms with Crippen LogP contribution in [-0.2, 0) is 4.74 Å². The number of imidazole rings is 1. The maximum atomic E-state index is 14.2. The second-order valence-electron chi connectivity index (χ2n) is 5.17. The largest absolute Gasteiger partial charge is 0.413 e. The van der Waals surface area contributed by atoms with E-state index in [0.717, 1.165) is 12.8 Å². The van der Waals surface area contributed by atoms with Crippen molar-refractivity contribution < 1.29 is 18.7 Å². The Morgan fingerprint density at radius 3 is 2.79 bits per heavy atom. The van der Waals surface area contributed by atoms with Gasteiger partial charge in [-0.1, -0.05) is 0 Å². The first-order chi connectivity index (χ1) is 11.5. The number of carbonyl (C=O) groups is 2. The summed E-state index contributed by atoms with van der Waals surface area (Å²) in [6, 6.07) is 0. The molecule has 3 heterocycles. The van der Waals surface area contributed by atoms with E-state index in [1.165, 1.54) is 21.8 Å². The zero-order valence-corrected chi connectivity index (χ0v) is 14.0. The van der Waals surface area contributed by atoms with Gasteiger partial charge in [0.05, 0.1) is 23.6 Å². The van der Waals surface area contributed by atoms with Crippen molar-refractivity contribution in [3.8, 4) is 0 Å². The third-order valence-electron chi connectivity index (χ3n) is 3.55. The molecule has 9 nitrogen and oxygen atoms in total. The van der Waals surface area contributed by atoms with Crippen molar-refractivity contribution in [2.45, 2.75) is 19.3 Å². The van der Waals surface area contributed by atoms with Gasteiger partial charge in [0.25, 0.3) is 5.91 Å². The fraction of sp³-hybridized carbons (Fsp3) is 0.385. The molecule has 0 radical (unpaired) electrons. The predicted octanol–water partition coefficient (Wildman–Crippen LogP) is 1.49. The van der Waals surface area contributed by atoms with E-state index in [1.54, 1.807) is 0 Å². The highest BCUT2D eigenvalue weighted by Crippen LogP contribution is 2.24. The van der Waals surface area contributed by atoms with E-state index in [0.29, 0.717) is 17.7 Å². The molecule has 2 amide bonds. The summed E-state index contributed by atoms with van der Waals surface area (Å²) in [5, 5.41) is 6.28. The molecule has 0 spiro atoms. The molecule has 2 aromatic heterocycles. The van der Waals surface area contributed by atoms with E-state index in [2.05, 4.69) is 31.3 Å². The second kappa shape index (κ2) is 6.59. The number of likely N-dealkylation sites (tertiary alicyclic amines) is 1.